The average Bonchev–Trinajstić information content (AvgIpc) is 2.75. The zero-order valence-corrected chi connectivity index (χ0v) is 16.0. The van der Waals surface area contributed by atoms with Crippen molar-refractivity contribution >= 4 is 23.6 Å². The molecule has 28 heavy (non-hydrogen) atoms. The Labute approximate surface area is 164 Å². The number of benzene rings is 2. The number of fused-ring (bicyclic) bond motifs is 1. The zero-order valence-electron chi connectivity index (χ0n) is 16.0. The SMILES string of the molecule is COc1ccc(/C=C/C(=O)OCC(=O)N2CCCc3ccccc32)c(OC)c1. The molecule has 0 aromatic heterocycles. The highest BCUT2D eigenvalue weighted by Gasteiger charge is 2.22. The number of para-hydroxylation sites is 1. The molecule has 0 bridgehead atoms. The fraction of sp³-hybridized carbons (Fsp3) is 0.273. The normalized spacial score (nSPS) is 13.1. The van der Waals surface area contributed by atoms with E-state index in [2.05, 4.69) is 0 Å². The van der Waals surface area contributed by atoms with Crippen LogP contribution < -0.4 is 14.4 Å². The van der Waals surface area contributed by atoms with Gasteiger partial charge in [-0.2, -0.15) is 0 Å². The second-order valence-corrected chi connectivity index (χ2v) is 6.33. The Hall–Kier alpha value is -3.28. The summed E-state index contributed by atoms with van der Waals surface area (Å²) in [6.07, 6.45) is 4.71. The number of ether oxygens (including phenoxy) is 3. The van der Waals surface area contributed by atoms with E-state index in [1.54, 1.807) is 43.4 Å². The van der Waals surface area contributed by atoms with E-state index in [0.717, 1.165) is 24.1 Å². The van der Waals surface area contributed by atoms with E-state index in [9.17, 15) is 9.59 Å². The van der Waals surface area contributed by atoms with Crippen LogP contribution in [-0.4, -0.2) is 39.2 Å². The topological polar surface area (TPSA) is 65.1 Å². The first kappa shape index (κ1) is 19.5. The number of aryl methyl sites for hydroxylation is 1. The van der Waals surface area contributed by atoms with Crippen molar-refractivity contribution in [1.29, 1.82) is 0 Å². The van der Waals surface area contributed by atoms with E-state index in [-0.39, 0.29) is 12.5 Å². The van der Waals surface area contributed by atoms with Crippen LogP contribution >= 0.6 is 0 Å². The summed E-state index contributed by atoms with van der Waals surface area (Å²) in [5, 5.41) is 0. The maximum atomic E-state index is 12.5. The smallest absolute Gasteiger partial charge is 0.331 e. The summed E-state index contributed by atoms with van der Waals surface area (Å²) in [7, 11) is 3.11. The van der Waals surface area contributed by atoms with Gasteiger partial charge in [-0.3, -0.25) is 4.79 Å². The second-order valence-electron chi connectivity index (χ2n) is 6.33. The molecular weight excluding hydrogens is 358 g/mol. The molecule has 6 nitrogen and oxygen atoms in total. The first-order chi connectivity index (χ1) is 13.6. The van der Waals surface area contributed by atoms with Crippen molar-refractivity contribution in [3.8, 4) is 11.5 Å². The summed E-state index contributed by atoms with van der Waals surface area (Å²) in [6.45, 7) is 0.337. The van der Waals surface area contributed by atoms with Crippen molar-refractivity contribution in [1.82, 2.24) is 0 Å². The Morgan fingerprint density at radius 1 is 1.11 bits per heavy atom. The van der Waals surface area contributed by atoms with E-state index < -0.39 is 5.97 Å². The predicted molar refractivity (Wildman–Crippen MR) is 107 cm³/mol. The van der Waals surface area contributed by atoms with Gasteiger partial charge in [-0.1, -0.05) is 18.2 Å². The molecule has 0 saturated heterocycles. The molecule has 0 unspecified atom stereocenters. The van der Waals surface area contributed by atoms with E-state index in [4.69, 9.17) is 14.2 Å². The fourth-order valence-electron chi connectivity index (χ4n) is 3.17. The van der Waals surface area contributed by atoms with Gasteiger partial charge in [0.1, 0.15) is 11.5 Å². The van der Waals surface area contributed by atoms with Crippen LogP contribution in [0.15, 0.2) is 48.5 Å². The first-order valence-corrected chi connectivity index (χ1v) is 9.07. The van der Waals surface area contributed by atoms with Crippen LogP contribution in [0.1, 0.15) is 17.5 Å². The largest absolute Gasteiger partial charge is 0.497 e. The molecule has 0 radical (unpaired) electrons. The third-order valence-electron chi connectivity index (χ3n) is 4.59. The van der Waals surface area contributed by atoms with Gasteiger partial charge < -0.3 is 19.1 Å². The number of hydrogen-bond donors (Lipinski definition) is 0. The molecule has 1 aliphatic heterocycles. The summed E-state index contributed by atoms with van der Waals surface area (Å²) in [5.74, 6) is 0.417. The van der Waals surface area contributed by atoms with Crippen molar-refractivity contribution in [3.63, 3.8) is 0 Å². The molecule has 0 spiro atoms. The molecule has 1 amide bonds. The number of esters is 1. The van der Waals surface area contributed by atoms with E-state index in [1.165, 1.54) is 6.08 Å². The predicted octanol–water partition coefficient (Wildman–Crippen LogP) is 3.24. The lowest BCUT2D eigenvalue weighted by molar-refractivity contribution is -0.142. The molecular formula is C22H23NO5. The Morgan fingerprint density at radius 3 is 2.71 bits per heavy atom. The lowest BCUT2D eigenvalue weighted by Crippen LogP contribution is -2.38. The summed E-state index contributed by atoms with van der Waals surface area (Å²) in [4.78, 5) is 26.2. The van der Waals surface area contributed by atoms with Gasteiger partial charge in [-0.25, -0.2) is 4.79 Å². The molecule has 0 saturated carbocycles. The van der Waals surface area contributed by atoms with Crippen LogP contribution in [0.3, 0.4) is 0 Å². The monoisotopic (exact) mass is 381 g/mol. The maximum absolute atomic E-state index is 12.5. The van der Waals surface area contributed by atoms with Crippen molar-refractivity contribution in [2.45, 2.75) is 12.8 Å². The number of rotatable bonds is 6. The van der Waals surface area contributed by atoms with Crippen LogP contribution in [0.5, 0.6) is 11.5 Å². The molecule has 0 aliphatic carbocycles. The molecule has 0 atom stereocenters. The van der Waals surface area contributed by atoms with Crippen molar-refractivity contribution < 1.29 is 23.8 Å². The highest BCUT2D eigenvalue weighted by molar-refractivity contribution is 5.97. The van der Waals surface area contributed by atoms with E-state index in [1.807, 2.05) is 24.3 Å². The Morgan fingerprint density at radius 2 is 1.93 bits per heavy atom. The van der Waals surface area contributed by atoms with Gasteiger partial charge in [0.15, 0.2) is 6.61 Å². The molecule has 2 aromatic carbocycles. The van der Waals surface area contributed by atoms with Gasteiger partial charge in [0.2, 0.25) is 0 Å². The van der Waals surface area contributed by atoms with Crippen LogP contribution in [-0.2, 0) is 20.7 Å². The number of anilines is 1. The maximum Gasteiger partial charge on any atom is 0.331 e. The highest BCUT2D eigenvalue weighted by Crippen LogP contribution is 2.27. The second kappa shape index (κ2) is 9.08. The van der Waals surface area contributed by atoms with Crippen LogP contribution in [0.4, 0.5) is 5.69 Å². The number of carbonyl (C=O) groups excluding carboxylic acids is 2. The number of methoxy groups -OCH3 is 2. The average molecular weight is 381 g/mol. The molecule has 146 valence electrons. The number of carbonyl (C=O) groups is 2. The minimum absolute atomic E-state index is 0.226. The lowest BCUT2D eigenvalue weighted by Gasteiger charge is -2.29. The quantitative estimate of drug-likeness (QED) is 0.568. The van der Waals surface area contributed by atoms with Gasteiger partial charge in [0.25, 0.3) is 5.91 Å². The standard InChI is InChI=1S/C22H23NO5/c1-26-18-11-9-17(20(14-18)27-2)10-12-22(25)28-15-21(24)23-13-5-7-16-6-3-4-8-19(16)23/h3-4,6,8-12,14H,5,7,13,15H2,1-2H3/b12-10+. The summed E-state index contributed by atoms with van der Waals surface area (Å²) >= 11 is 0. The minimum Gasteiger partial charge on any atom is -0.497 e. The van der Waals surface area contributed by atoms with Gasteiger partial charge in [0, 0.05) is 29.9 Å². The number of amides is 1. The third-order valence-corrected chi connectivity index (χ3v) is 4.59. The van der Waals surface area contributed by atoms with Crippen LogP contribution in [0, 0.1) is 0 Å². The highest BCUT2D eigenvalue weighted by atomic mass is 16.5. The minimum atomic E-state index is -0.587. The van der Waals surface area contributed by atoms with Crippen LogP contribution in [0.2, 0.25) is 0 Å². The lowest BCUT2D eigenvalue weighted by atomic mass is 10.0. The molecule has 1 aliphatic rings. The number of hydrogen-bond acceptors (Lipinski definition) is 5. The van der Waals surface area contributed by atoms with Gasteiger partial charge in [-0.05, 0) is 42.7 Å². The molecule has 1 heterocycles. The first-order valence-electron chi connectivity index (χ1n) is 9.07. The zero-order chi connectivity index (χ0) is 19.9. The fourth-order valence-corrected chi connectivity index (χ4v) is 3.17. The van der Waals surface area contributed by atoms with Gasteiger partial charge >= 0.3 is 5.97 Å². The van der Waals surface area contributed by atoms with Crippen LogP contribution in [0.25, 0.3) is 6.08 Å². The summed E-state index contributed by atoms with van der Waals surface area (Å²) in [6, 6.07) is 13.1. The Bertz CT molecular complexity index is 890. The Balaban J connectivity index is 1.59. The summed E-state index contributed by atoms with van der Waals surface area (Å²) < 4.78 is 15.6. The van der Waals surface area contributed by atoms with Crippen molar-refractivity contribution in [2.24, 2.45) is 0 Å². The van der Waals surface area contributed by atoms with Gasteiger partial charge in [-0.15, -0.1) is 0 Å². The Kier molecular flexibility index (Phi) is 6.32. The van der Waals surface area contributed by atoms with Crippen molar-refractivity contribution in [2.75, 3.05) is 32.3 Å². The van der Waals surface area contributed by atoms with Crippen molar-refractivity contribution in [3.05, 3.63) is 59.7 Å². The summed E-state index contributed by atoms with van der Waals surface area (Å²) in [5.41, 5.74) is 2.74. The van der Waals surface area contributed by atoms with E-state index >= 15 is 0 Å². The number of nitrogens with zero attached hydrogens (tertiary/aromatic N) is 1. The van der Waals surface area contributed by atoms with E-state index in [0.29, 0.717) is 23.6 Å². The molecule has 0 fully saturated rings. The van der Waals surface area contributed by atoms with Gasteiger partial charge in [0.05, 0.1) is 14.2 Å². The third kappa shape index (κ3) is 4.52. The molecule has 0 N–H and O–H groups in total. The molecule has 3 rings (SSSR count). The molecule has 2 aromatic rings. The molecule has 6 heteroatoms.